The molecule has 0 spiro atoms. The summed E-state index contributed by atoms with van der Waals surface area (Å²) in [5.74, 6) is 0.486. The molecular formula is C16H16ClN3O3S. The maximum Gasteiger partial charge on any atom is 0.255 e. The lowest BCUT2D eigenvalue weighted by molar-refractivity contribution is 0.102. The molecule has 3 rings (SSSR count). The minimum absolute atomic E-state index is 0.0931. The summed E-state index contributed by atoms with van der Waals surface area (Å²) < 4.78 is 23.0. The summed E-state index contributed by atoms with van der Waals surface area (Å²) in [6, 6.07) is 9.84. The second-order valence-corrected chi connectivity index (χ2v) is 8.30. The highest BCUT2D eigenvalue weighted by Crippen LogP contribution is 2.18. The van der Waals surface area contributed by atoms with Crippen LogP contribution in [-0.2, 0) is 9.84 Å². The van der Waals surface area contributed by atoms with Gasteiger partial charge < -0.3 is 10.6 Å². The molecule has 1 aromatic carbocycles. The monoisotopic (exact) mass is 365 g/mol. The molecule has 0 saturated carbocycles. The molecule has 2 N–H and O–H groups in total. The molecule has 2 heterocycles. The van der Waals surface area contributed by atoms with Gasteiger partial charge in [-0.05, 0) is 42.8 Å². The van der Waals surface area contributed by atoms with Crippen molar-refractivity contribution in [3.05, 3.63) is 53.2 Å². The van der Waals surface area contributed by atoms with Crippen LogP contribution < -0.4 is 10.6 Å². The van der Waals surface area contributed by atoms with E-state index in [0.717, 1.165) is 0 Å². The van der Waals surface area contributed by atoms with E-state index in [1.54, 1.807) is 36.4 Å². The highest BCUT2D eigenvalue weighted by atomic mass is 35.5. The molecule has 126 valence electrons. The van der Waals surface area contributed by atoms with Crippen molar-refractivity contribution in [2.45, 2.75) is 12.5 Å². The fraction of sp³-hybridized carbons (Fsp3) is 0.250. The minimum atomic E-state index is -2.97. The van der Waals surface area contributed by atoms with Crippen molar-refractivity contribution in [2.75, 3.05) is 22.1 Å². The van der Waals surface area contributed by atoms with Crippen LogP contribution in [0.3, 0.4) is 0 Å². The molecule has 1 saturated heterocycles. The van der Waals surface area contributed by atoms with Crippen LogP contribution in [0.15, 0.2) is 42.6 Å². The van der Waals surface area contributed by atoms with Gasteiger partial charge in [0, 0.05) is 28.5 Å². The first-order valence-electron chi connectivity index (χ1n) is 7.41. The summed E-state index contributed by atoms with van der Waals surface area (Å²) in [4.78, 5) is 16.4. The van der Waals surface area contributed by atoms with Gasteiger partial charge in [-0.15, -0.1) is 0 Å². The largest absolute Gasteiger partial charge is 0.366 e. The zero-order chi connectivity index (χ0) is 17.2. The third-order valence-electron chi connectivity index (χ3n) is 3.71. The maximum absolute atomic E-state index is 12.3. The highest BCUT2D eigenvalue weighted by molar-refractivity contribution is 7.91. The van der Waals surface area contributed by atoms with Crippen molar-refractivity contribution in [1.29, 1.82) is 0 Å². The topological polar surface area (TPSA) is 88.2 Å². The number of anilines is 2. The number of nitrogens with one attached hydrogen (secondary N) is 2. The number of nitrogens with zero attached hydrogens (tertiary/aromatic N) is 1. The van der Waals surface area contributed by atoms with Crippen molar-refractivity contribution >= 4 is 38.9 Å². The molecule has 0 aliphatic carbocycles. The van der Waals surface area contributed by atoms with E-state index in [0.29, 0.717) is 28.5 Å². The molecule has 1 atom stereocenters. The number of amides is 1. The average Bonchev–Trinajstić information content (AvgIpc) is 2.88. The van der Waals surface area contributed by atoms with Gasteiger partial charge in [-0.25, -0.2) is 13.4 Å². The Bertz CT molecular complexity index is 853. The van der Waals surface area contributed by atoms with Gasteiger partial charge in [0.2, 0.25) is 0 Å². The van der Waals surface area contributed by atoms with E-state index in [4.69, 9.17) is 11.6 Å². The third-order valence-corrected chi connectivity index (χ3v) is 5.73. The standard InChI is InChI=1S/C16H16ClN3O3S/c17-12-1-3-13(4-2-12)20-16(21)11-5-7-18-15(9-11)19-14-6-8-24(22,23)10-14/h1-5,7,9,14H,6,8,10H2,(H,18,19)(H,20,21). The maximum atomic E-state index is 12.3. The first-order chi connectivity index (χ1) is 11.4. The molecule has 1 aliphatic heterocycles. The van der Waals surface area contributed by atoms with E-state index < -0.39 is 9.84 Å². The summed E-state index contributed by atoms with van der Waals surface area (Å²) in [5, 5.41) is 6.44. The van der Waals surface area contributed by atoms with Gasteiger partial charge in [0.15, 0.2) is 9.84 Å². The third kappa shape index (κ3) is 4.24. The Morgan fingerprint density at radius 3 is 2.62 bits per heavy atom. The number of halogens is 1. The van der Waals surface area contributed by atoms with Crippen molar-refractivity contribution in [3.63, 3.8) is 0 Å². The van der Waals surface area contributed by atoms with Gasteiger partial charge in [0.05, 0.1) is 11.5 Å². The van der Waals surface area contributed by atoms with E-state index in [-0.39, 0.29) is 23.5 Å². The second kappa shape index (κ2) is 6.78. The Hall–Kier alpha value is -2.12. The Morgan fingerprint density at radius 2 is 1.96 bits per heavy atom. The van der Waals surface area contributed by atoms with Crippen molar-refractivity contribution in [2.24, 2.45) is 0 Å². The van der Waals surface area contributed by atoms with E-state index in [2.05, 4.69) is 15.6 Å². The van der Waals surface area contributed by atoms with Crippen LogP contribution in [0.4, 0.5) is 11.5 Å². The number of pyridine rings is 1. The summed E-state index contributed by atoms with van der Waals surface area (Å²) >= 11 is 5.82. The van der Waals surface area contributed by atoms with Gasteiger partial charge in [-0.3, -0.25) is 4.79 Å². The molecule has 1 aliphatic rings. The minimum Gasteiger partial charge on any atom is -0.366 e. The van der Waals surface area contributed by atoms with Gasteiger partial charge in [-0.2, -0.15) is 0 Å². The van der Waals surface area contributed by atoms with Gasteiger partial charge in [0.25, 0.3) is 5.91 Å². The van der Waals surface area contributed by atoms with Gasteiger partial charge in [-0.1, -0.05) is 11.6 Å². The number of hydrogen-bond acceptors (Lipinski definition) is 5. The molecule has 2 aromatic rings. The molecule has 1 unspecified atom stereocenters. The van der Waals surface area contributed by atoms with Crippen LogP contribution >= 0.6 is 11.6 Å². The van der Waals surface area contributed by atoms with E-state index in [1.807, 2.05) is 0 Å². The zero-order valence-corrected chi connectivity index (χ0v) is 14.3. The Labute approximate surface area is 145 Å². The van der Waals surface area contributed by atoms with Crippen LogP contribution in [0.25, 0.3) is 0 Å². The zero-order valence-electron chi connectivity index (χ0n) is 12.7. The Balaban J connectivity index is 1.68. The van der Waals surface area contributed by atoms with Crippen LogP contribution in [0.2, 0.25) is 5.02 Å². The van der Waals surface area contributed by atoms with Crippen LogP contribution in [0.1, 0.15) is 16.8 Å². The molecule has 1 amide bonds. The molecule has 24 heavy (non-hydrogen) atoms. The van der Waals surface area contributed by atoms with Gasteiger partial charge >= 0.3 is 0 Å². The highest BCUT2D eigenvalue weighted by Gasteiger charge is 2.28. The summed E-state index contributed by atoms with van der Waals surface area (Å²) in [7, 11) is -2.97. The molecule has 1 aromatic heterocycles. The van der Waals surface area contributed by atoms with Crippen molar-refractivity contribution < 1.29 is 13.2 Å². The first kappa shape index (κ1) is 16.7. The second-order valence-electron chi connectivity index (χ2n) is 5.64. The number of sulfone groups is 1. The Kier molecular flexibility index (Phi) is 4.73. The summed E-state index contributed by atoms with van der Waals surface area (Å²) in [6.45, 7) is 0. The predicted molar refractivity (Wildman–Crippen MR) is 94.3 cm³/mol. The van der Waals surface area contributed by atoms with E-state index in [9.17, 15) is 13.2 Å². The molecular weight excluding hydrogens is 350 g/mol. The lowest BCUT2D eigenvalue weighted by atomic mass is 10.2. The molecule has 8 heteroatoms. The van der Waals surface area contributed by atoms with E-state index in [1.165, 1.54) is 6.20 Å². The number of benzene rings is 1. The fourth-order valence-electron chi connectivity index (χ4n) is 2.51. The number of hydrogen-bond donors (Lipinski definition) is 2. The van der Waals surface area contributed by atoms with Crippen molar-refractivity contribution in [3.8, 4) is 0 Å². The predicted octanol–water partition coefficient (Wildman–Crippen LogP) is 2.59. The Morgan fingerprint density at radius 1 is 1.21 bits per heavy atom. The van der Waals surface area contributed by atoms with Crippen LogP contribution in [0.5, 0.6) is 0 Å². The van der Waals surface area contributed by atoms with E-state index >= 15 is 0 Å². The number of aromatic nitrogens is 1. The van der Waals surface area contributed by atoms with Gasteiger partial charge in [0.1, 0.15) is 5.82 Å². The van der Waals surface area contributed by atoms with Crippen molar-refractivity contribution in [1.82, 2.24) is 4.98 Å². The fourth-order valence-corrected chi connectivity index (χ4v) is 4.30. The summed E-state index contributed by atoms with van der Waals surface area (Å²) in [6.07, 6.45) is 2.06. The lowest BCUT2D eigenvalue weighted by Gasteiger charge is -2.12. The average molecular weight is 366 g/mol. The SMILES string of the molecule is O=C(Nc1ccc(Cl)cc1)c1ccnc(NC2CCS(=O)(=O)C2)c1. The van der Waals surface area contributed by atoms with Crippen LogP contribution in [0, 0.1) is 0 Å². The van der Waals surface area contributed by atoms with Crippen LogP contribution in [-0.4, -0.2) is 36.9 Å². The number of rotatable bonds is 4. The molecule has 1 fully saturated rings. The first-order valence-corrected chi connectivity index (χ1v) is 9.61. The number of carbonyl (C=O) groups is 1. The quantitative estimate of drug-likeness (QED) is 0.869. The molecule has 0 bridgehead atoms. The summed E-state index contributed by atoms with van der Waals surface area (Å²) in [5.41, 5.74) is 1.07. The lowest BCUT2D eigenvalue weighted by Crippen LogP contribution is -2.21. The smallest absolute Gasteiger partial charge is 0.255 e. The number of carbonyl (C=O) groups excluding carboxylic acids is 1. The molecule has 0 radical (unpaired) electrons. The normalized spacial score (nSPS) is 19.0. The molecule has 6 nitrogen and oxygen atoms in total.